The second-order valence-electron chi connectivity index (χ2n) is 8.57. The van der Waals surface area contributed by atoms with E-state index in [0.717, 1.165) is 17.1 Å². The Kier molecular flexibility index (Phi) is 6.54. The molecule has 180 valence electrons. The number of amidine groups is 1. The van der Waals surface area contributed by atoms with Gasteiger partial charge in [0, 0.05) is 19.6 Å². The van der Waals surface area contributed by atoms with E-state index in [1.54, 1.807) is 14.5 Å². The zero-order valence-electron chi connectivity index (χ0n) is 19.7. The Hall–Kier alpha value is -3.66. The Labute approximate surface area is 208 Å². The molecule has 2 atom stereocenters. The first-order valence-corrected chi connectivity index (χ1v) is 12.5. The number of nitrogens with one attached hydrogen (secondary N) is 1. The lowest BCUT2D eigenvalue weighted by molar-refractivity contribution is -0.120. The van der Waals surface area contributed by atoms with E-state index in [-0.39, 0.29) is 23.2 Å². The molecule has 0 radical (unpaired) electrons. The third-order valence-corrected chi connectivity index (χ3v) is 7.42. The number of para-hydroxylation sites is 1. The van der Waals surface area contributed by atoms with Crippen molar-refractivity contribution in [1.29, 1.82) is 0 Å². The summed E-state index contributed by atoms with van der Waals surface area (Å²) in [4.78, 5) is 38.5. The highest BCUT2D eigenvalue weighted by Crippen LogP contribution is 2.31. The number of urea groups is 1. The van der Waals surface area contributed by atoms with E-state index in [2.05, 4.69) is 20.4 Å². The summed E-state index contributed by atoms with van der Waals surface area (Å²) in [7, 11) is 0. The number of carbonyl (C=O) groups is 2. The summed E-state index contributed by atoms with van der Waals surface area (Å²) in [5.74, 6) is 1.29. The smallest absolute Gasteiger partial charge is 0.326 e. The van der Waals surface area contributed by atoms with Gasteiger partial charge >= 0.3 is 6.03 Å². The van der Waals surface area contributed by atoms with Crippen LogP contribution in [0.15, 0.2) is 65.7 Å². The molecule has 1 aromatic heterocycles. The first-order chi connectivity index (χ1) is 17.0. The van der Waals surface area contributed by atoms with Crippen LogP contribution in [0, 0.1) is 6.92 Å². The lowest BCUT2D eigenvalue weighted by atomic mass is 10.2. The van der Waals surface area contributed by atoms with E-state index in [1.165, 1.54) is 11.8 Å². The highest BCUT2D eigenvalue weighted by Gasteiger charge is 2.40. The number of aromatic nitrogens is 3. The van der Waals surface area contributed by atoms with Gasteiger partial charge in [-0.25, -0.2) is 14.5 Å². The summed E-state index contributed by atoms with van der Waals surface area (Å²) in [5, 5.41) is 7.83. The van der Waals surface area contributed by atoms with Gasteiger partial charge in [0.25, 0.3) is 0 Å². The van der Waals surface area contributed by atoms with Crippen LogP contribution in [0.2, 0.25) is 0 Å². The number of thioether (sulfide) groups is 1. The molecular formula is C25H27N7O2S. The van der Waals surface area contributed by atoms with Gasteiger partial charge in [-0.1, -0.05) is 60.3 Å². The topological polar surface area (TPSA) is 95.7 Å². The molecule has 9 nitrogen and oxygen atoms in total. The number of nitrogens with zero attached hydrogens (tertiary/aromatic N) is 6. The molecule has 0 bridgehead atoms. The minimum atomic E-state index is -0.360. The Morgan fingerprint density at radius 2 is 1.80 bits per heavy atom. The van der Waals surface area contributed by atoms with Crippen LogP contribution in [0.1, 0.15) is 24.1 Å². The van der Waals surface area contributed by atoms with Gasteiger partial charge in [-0.05, 0) is 31.5 Å². The molecule has 2 aliphatic heterocycles. The monoisotopic (exact) mass is 489 g/mol. The van der Waals surface area contributed by atoms with Gasteiger partial charge in [0.15, 0.2) is 11.0 Å². The Balaban J connectivity index is 1.19. The van der Waals surface area contributed by atoms with Crippen molar-refractivity contribution < 1.29 is 9.59 Å². The van der Waals surface area contributed by atoms with Gasteiger partial charge in [0.05, 0.1) is 18.3 Å². The standard InChI is InChI=1S/C25H27N7O2S/c1-17-22(23(33)26-15-19-9-5-3-6-10-19)35-24(27-17)31-14-13-30(25(31)34)16-21-28-18(2)32(29-21)20-11-7-4-8-12-20/h3-12,17,22H,13-16H2,1-2H3,(H,26,33). The van der Waals surface area contributed by atoms with Gasteiger partial charge in [-0.2, -0.15) is 0 Å². The third kappa shape index (κ3) is 4.93. The highest BCUT2D eigenvalue weighted by atomic mass is 32.2. The molecule has 2 aliphatic rings. The number of hydrogen-bond donors (Lipinski definition) is 1. The molecule has 0 spiro atoms. The molecular weight excluding hydrogens is 462 g/mol. The van der Waals surface area contributed by atoms with Crippen LogP contribution >= 0.6 is 11.8 Å². The zero-order chi connectivity index (χ0) is 24.4. The molecule has 2 unspecified atom stereocenters. The van der Waals surface area contributed by atoms with E-state index < -0.39 is 0 Å². The molecule has 10 heteroatoms. The van der Waals surface area contributed by atoms with Crippen LogP contribution in [0.25, 0.3) is 5.69 Å². The molecule has 1 fully saturated rings. The fraction of sp³-hybridized carbons (Fsp3) is 0.320. The van der Waals surface area contributed by atoms with Gasteiger partial charge in [-0.3, -0.25) is 14.7 Å². The van der Waals surface area contributed by atoms with E-state index in [9.17, 15) is 9.59 Å². The van der Waals surface area contributed by atoms with Crippen LogP contribution in [0.4, 0.5) is 4.79 Å². The number of carbonyl (C=O) groups excluding carboxylic acids is 2. The molecule has 1 N–H and O–H groups in total. The number of aliphatic imine (C=N–C) groups is 1. The quantitative estimate of drug-likeness (QED) is 0.574. The molecule has 3 amide bonds. The Bertz CT molecular complexity index is 1250. The van der Waals surface area contributed by atoms with Gasteiger partial charge in [0.1, 0.15) is 11.1 Å². The molecule has 5 rings (SSSR count). The second kappa shape index (κ2) is 9.91. The van der Waals surface area contributed by atoms with Crippen LogP contribution < -0.4 is 5.32 Å². The highest BCUT2D eigenvalue weighted by molar-refractivity contribution is 8.15. The minimum Gasteiger partial charge on any atom is -0.351 e. The van der Waals surface area contributed by atoms with Crippen molar-refractivity contribution in [1.82, 2.24) is 29.9 Å². The van der Waals surface area contributed by atoms with Gasteiger partial charge in [-0.15, -0.1) is 5.10 Å². The lowest BCUT2D eigenvalue weighted by Crippen LogP contribution is -2.37. The zero-order valence-corrected chi connectivity index (χ0v) is 20.5. The van der Waals surface area contributed by atoms with Crippen LogP contribution in [0.5, 0.6) is 0 Å². The van der Waals surface area contributed by atoms with Crippen molar-refractivity contribution >= 4 is 28.9 Å². The van der Waals surface area contributed by atoms with E-state index >= 15 is 0 Å². The Morgan fingerprint density at radius 1 is 1.09 bits per heavy atom. The van der Waals surface area contributed by atoms with Crippen LogP contribution in [-0.2, 0) is 17.9 Å². The molecule has 35 heavy (non-hydrogen) atoms. The number of hydrogen-bond acceptors (Lipinski definition) is 6. The predicted molar refractivity (Wildman–Crippen MR) is 135 cm³/mol. The summed E-state index contributed by atoms with van der Waals surface area (Å²) >= 11 is 1.36. The molecule has 1 saturated heterocycles. The fourth-order valence-corrected chi connectivity index (χ4v) is 5.38. The lowest BCUT2D eigenvalue weighted by Gasteiger charge is -2.17. The Morgan fingerprint density at radius 3 is 2.54 bits per heavy atom. The van der Waals surface area contributed by atoms with E-state index in [0.29, 0.717) is 37.2 Å². The molecule has 3 heterocycles. The van der Waals surface area contributed by atoms with Gasteiger partial charge < -0.3 is 10.2 Å². The summed E-state index contributed by atoms with van der Waals surface area (Å²) in [6.07, 6.45) is 0. The van der Waals surface area contributed by atoms with Crippen molar-refractivity contribution in [3.63, 3.8) is 0 Å². The first kappa shape index (κ1) is 23.1. The molecule has 0 saturated carbocycles. The second-order valence-corrected chi connectivity index (χ2v) is 9.68. The van der Waals surface area contributed by atoms with Gasteiger partial charge in [0.2, 0.25) is 5.91 Å². The predicted octanol–water partition coefficient (Wildman–Crippen LogP) is 2.99. The maximum absolute atomic E-state index is 13.1. The van der Waals surface area contributed by atoms with Crippen molar-refractivity contribution in [2.75, 3.05) is 13.1 Å². The largest absolute Gasteiger partial charge is 0.351 e. The minimum absolute atomic E-state index is 0.0697. The van der Waals surface area contributed by atoms with Crippen molar-refractivity contribution in [3.8, 4) is 5.69 Å². The van der Waals surface area contributed by atoms with Crippen molar-refractivity contribution in [2.24, 2.45) is 4.99 Å². The summed E-state index contributed by atoms with van der Waals surface area (Å²) in [6, 6.07) is 19.2. The number of benzene rings is 2. The van der Waals surface area contributed by atoms with Crippen LogP contribution in [0.3, 0.4) is 0 Å². The van der Waals surface area contributed by atoms with E-state index in [4.69, 9.17) is 0 Å². The molecule has 2 aromatic carbocycles. The summed E-state index contributed by atoms with van der Waals surface area (Å²) in [5.41, 5.74) is 1.97. The summed E-state index contributed by atoms with van der Waals surface area (Å²) in [6.45, 7) is 5.68. The van der Waals surface area contributed by atoms with E-state index in [1.807, 2.05) is 74.5 Å². The first-order valence-electron chi connectivity index (χ1n) is 11.6. The SMILES string of the molecule is Cc1nc(CN2CCN(C3=NC(C)C(C(=O)NCc4ccccc4)S3)C2=O)nn1-c1ccccc1. The van der Waals surface area contributed by atoms with Crippen molar-refractivity contribution in [3.05, 3.63) is 77.9 Å². The molecule has 3 aromatic rings. The maximum atomic E-state index is 13.1. The molecule has 0 aliphatic carbocycles. The number of aryl methyl sites for hydroxylation is 1. The third-order valence-electron chi connectivity index (χ3n) is 6.02. The summed E-state index contributed by atoms with van der Waals surface area (Å²) < 4.78 is 1.78. The van der Waals surface area contributed by atoms with Crippen molar-refractivity contribution in [2.45, 2.75) is 38.2 Å². The normalized spacial score (nSPS) is 19.8. The fourth-order valence-electron chi connectivity index (χ4n) is 4.18. The number of rotatable bonds is 6. The number of amides is 3. The average Bonchev–Trinajstić information content (AvgIpc) is 3.55. The van der Waals surface area contributed by atoms with Crippen LogP contribution in [-0.4, -0.2) is 66.1 Å². The maximum Gasteiger partial charge on any atom is 0.326 e. The average molecular weight is 490 g/mol.